The van der Waals surface area contributed by atoms with E-state index in [1.165, 1.54) is 12.1 Å². The highest BCUT2D eigenvalue weighted by Gasteiger charge is 2.31. The third-order valence-corrected chi connectivity index (χ3v) is 5.63. The maximum atomic E-state index is 12.4. The van der Waals surface area contributed by atoms with Gasteiger partial charge in [0.25, 0.3) is 0 Å². The Balaban J connectivity index is 1.60. The molecule has 0 fully saturated rings. The van der Waals surface area contributed by atoms with Crippen LogP contribution in [0.15, 0.2) is 30.3 Å². The van der Waals surface area contributed by atoms with Gasteiger partial charge in [-0.2, -0.15) is 0 Å². The van der Waals surface area contributed by atoms with E-state index in [0.29, 0.717) is 37.0 Å². The molecule has 3 heterocycles. The summed E-state index contributed by atoms with van der Waals surface area (Å²) in [7, 11) is 0. The molecule has 7 nitrogen and oxygen atoms in total. The minimum absolute atomic E-state index is 0.122. The molecule has 0 unspecified atom stereocenters. The fourth-order valence-corrected chi connectivity index (χ4v) is 3.69. The Morgan fingerprint density at radius 2 is 1.41 bits per heavy atom. The van der Waals surface area contributed by atoms with Crippen molar-refractivity contribution < 1.29 is 17.9 Å². The maximum Gasteiger partial charge on any atom is 0.573 e. The number of ether oxygens (including phenoxy) is 1. The molecule has 0 saturated carbocycles. The van der Waals surface area contributed by atoms with Crippen LogP contribution in [0.25, 0.3) is 11.4 Å². The molecule has 1 aliphatic heterocycles. The topological polar surface area (TPSA) is 69.0 Å². The predicted molar refractivity (Wildman–Crippen MR) is 123 cm³/mol. The average molecular weight is 475 g/mol. The van der Waals surface area contributed by atoms with Gasteiger partial charge in [-0.25, -0.2) is 9.97 Å². The van der Waals surface area contributed by atoms with Crippen LogP contribution in [-0.4, -0.2) is 37.6 Å². The van der Waals surface area contributed by atoms with E-state index in [0.717, 1.165) is 17.2 Å². The first kappa shape index (κ1) is 24.0. The number of rotatable bonds is 3. The van der Waals surface area contributed by atoms with Crippen molar-refractivity contribution in [3.8, 4) is 17.1 Å². The summed E-state index contributed by atoms with van der Waals surface area (Å²) in [6.07, 6.45) is -4.72. The quantitative estimate of drug-likeness (QED) is 0.517. The van der Waals surface area contributed by atoms with Crippen LogP contribution in [0.3, 0.4) is 0 Å². The minimum atomic E-state index is -4.72. The normalized spacial score (nSPS) is 14.8. The van der Waals surface area contributed by atoms with Gasteiger partial charge in [0.1, 0.15) is 5.75 Å². The lowest BCUT2D eigenvalue weighted by Crippen LogP contribution is -2.36. The van der Waals surface area contributed by atoms with Crippen molar-refractivity contribution in [2.75, 3.05) is 11.4 Å². The zero-order chi connectivity index (χ0) is 24.9. The molecule has 0 spiro atoms. The van der Waals surface area contributed by atoms with E-state index < -0.39 is 6.36 Å². The van der Waals surface area contributed by atoms with Crippen LogP contribution in [0.5, 0.6) is 5.75 Å². The molecule has 0 N–H and O–H groups in total. The van der Waals surface area contributed by atoms with E-state index in [4.69, 9.17) is 9.97 Å². The molecule has 0 saturated heterocycles. The van der Waals surface area contributed by atoms with Gasteiger partial charge in [0.2, 0.25) is 5.95 Å². The molecule has 34 heavy (non-hydrogen) atoms. The van der Waals surface area contributed by atoms with Gasteiger partial charge < -0.3 is 14.2 Å². The van der Waals surface area contributed by atoms with Crippen molar-refractivity contribution in [1.29, 1.82) is 0 Å². The molecule has 0 bridgehead atoms. The van der Waals surface area contributed by atoms with Crippen molar-refractivity contribution >= 4 is 5.95 Å². The fourth-order valence-electron chi connectivity index (χ4n) is 3.69. The smallest absolute Gasteiger partial charge is 0.406 e. The van der Waals surface area contributed by atoms with Crippen molar-refractivity contribution in [2.45, 2.75) is 71.8 Å². The number of fused-ring (bicyclic) bond motifs is 1. The van der Waals surface area contributed by atoms with Gasteiger partial charge in [0.15, 0.2) is 11.6 Å². The number of nitrogens with zero attached hydrogens (tertiary/aromatic N) is 6. The summed E-state index contributed by atoms with van der Waals surface area (Å²) in [5.41, 5.74) is 2.39. The second kappa shape index (κ2) is 8.25. The van der Waals surface area contributed by atoms with E-state index in [1.807, 2.05) is 4.57 Å². The Morgan fingerprint density at radius 3 is 1.94 bits per heavy atom. The summed E-state index contributed by atoms with van der Waals surface area (Å²) in [4.78, 5) is 11.8. The second-order valence-electron chi connectivity index (χ2n) is 10.5. The van der Waals surface area contributed by atoms with Gasteiger partial charge in [0, 0.05) is 29.5 Å². The molecule has 4 rings (SSSR count). The lowest BCUT2D eigenvalue weighted by Gasteiger charge is -2.31. The van der Waals surface area contributed by atoms with Gasteiger partial charge in [-0.1, -0.05) is 41.5 Å². The van der Waals surface area contributed by atoms with Gasteiger partial charge in [-0.15, -0.1) is 23.4 Å². The Morgan fingerprint density at radius 1 is 0.824 bits per heavy atom. The van der Waals surface area contributed by atoms with Gasteiger partial charge in [-0.05, 0) is 30.3 Å². The Kier molecular flexibility index (Phi) is 5.81. The first-order valence-electron chi connectivity index (χ1n) is 11.1. The standard InChI is InChI=1S/C24H29F3N6O/c1-22(2,3)17-13-18(23(4,5)6)29-21(28-17)32-11-12-33-19(14-32)30-31-20(33)15-7-9-16(10-8-15)34-24(25,26)27/h7-10,13H,11-12,14H2,1-6H3. The minimum Gasteiger partial charge on any atom is -0.406 e. The SMILES string of the molecule is CC(C)(C)c1cc(C(C)(C)C)nc(N2CCn3c(nnc3-c3ccc(OC(F)(F)F)cc3)C2)n1. The first-order valence-corrected chi connectivity index (χ1v) is 11.1. The fraction of sp³-hybridized carbons (Fsp3) is 0.500. The Labute approximate surface area is 197 Å². The monoisotopic (exact) mass is 474 g/mol. The zero-order valence-electron chi connectivity index (χ0n) is 20.2. The highest BCUT2D eigenvalue weighted by Crippen LogP contribution is 2.31. The third kappa shape index (κ3) is 5.15. The number of halogens is 3. The highest BCUT2D eigenvalue weighted by atomic mass is 19.4. The van der Waals surface area contributed by atoms with Gasteiger partial charge in [0.05, 0.1) is 17.9 Å². The van der Waals surface area contributed by atoms with E-state index >= 15 is 0 Å². The van der Waals surface area contributed by atoms with Crippen LogP contribution < -0.4 is 9.64 Å². The number of hydrogen-bond acceptors (Lipinski definition) is 6. The molecule has 0 radical (unpaired) electrons. The third-order valence-electron chi connectivity index (χ3n) is 5.63. The average Bonchev–Trinajstić information content (AvgIpc) is 3.15. The Hall–Kier alpha value is -3.17. The Bertz CT molecular complexity index is 1140. The molecule has 0 amide bonds. The van der Waals surface area contributed by atoms with Crippen molar-refractivity contribution in [1.82, 2.24) is 24.7 Å². The van der Waals surface area contributed by atoms with E-state index in [9.17, 15) is 13.2 Å². The summed E-state index contributed by atoms with van der Waals surface area (Å²) < 4.78 is 43.2. The number of hydrogen-bond donors (Lipinski definition) is 0. The molecule has 0 aliphatic carbocycles. The summed E-state index contributed by atoms with van der Waals surface area (Å²) in [6, 6.07) is 7.74. The number of alkyl halides is 3. The lowest BCUT2D eigenvalue weighted by molar-refractivity contribution is -0.274. The van der Waals surface area contributed by atoms with E-state index in [2.05, 4.69) is 67.4 Å². The highest BCUT2D eigenvalue weighted by molar-refractivity contribution is 5.57. The number of anilines is 1. The van der Waals surface area contributed by atoms with Crippen LogP contribution in [0, 0.1) is 0 Å². The summed E-state index contributed by atoms with van der Waals surface area (Å²) in [5, 5.41) is 8.63. The van der Waals surface area contributed by atoms with Crippen LogP contribution in [0.2, 0.25) is 0 Å². The summed E-state index contributed by atoms with van der Waals surface area (Å²) >= 11 is 0. The predicted octanol–water partition coefficient (Wildman–Crippen LogP) is 5.25. The van der Waals surface area contributed by atoms with Gasteiger partial charge in [-0.3, -0.25) is 0 Å². The van der Waals surface area contributed by atoms with Crippen LogP contribution in [0.4, 0.5) is 19.1 Å². The second-order valence-corrected chi connectivity index (χ2v) is 10.5. The number of benzene rings is 1. The molecule has 0 atom stereocenters. The summed E-state index contributed by atoms with van der Waals surface area (Å²) in [6.45, 7) is 14.6. The lowest BCUT2D eigenvalue weighted by atomic mass is 9.86. The first-order chi connectivity index (χ1) is 15.7. The molecule has 3 aromatic rings. The molecular formula is C24H29F3N6O. The van der Waals surface area contributed by atoms with Crippen LogP contribution in [0.1, 0.15) is 58.8 Å². The molecule has 2 aromatic heterocycles. The van der Waals surface area contributed by atoms with Crippen LogP contribution >= 0.6 is 0 Å². The van der Waals surface area contributed by atoms with Gasteiger partial charge >= 0.3 is 6.36 Å². The van der Waals surface area contributed by atoms with Crippen LogP contribution in [-0.2, 0) is 23.9 Å². The van der Waals surface area contributed by atoms with Crippen molar-refractivity contribution in [3.63, 3.8) is 0 Å². The molecule has 10 heteroatoms. The van der Waals surface area contributed by atoms with E-state index in [-0.39, 0.29) is 16.6 Å². The van der Waals surface area contributed by atoms with Crippen molar-refractivity contribution in [3.05, 3.63) is 47.5 Å². The summed E-state index contributed by atoms with van der Waals surface area (Å²) in [5.74, 6) is 1.75. The number of aromatic nitrogens is 5. The molecular weight excluding hydrogens is 445 g/mol. The molecule has 1 aromatic carbocycles. The van der Waals surface area contributed by atoms with Crippen molar-refractivity contribution in [2.24, 2.45) is 0 Å². The zero-order valence-corrected chi connectivity index (χ0v) is 20.2. The maximum absolute atomic E-state index is 12.4. The van der Waals surface area contributed by atoms with E-state index in [1.54, 1.807) is 12.1 Å². The molecule has 1 aliphatic rings. The molecule has 182 valence electrons. The largest absolute Gasteiger partial charge is 0.573 e.